The van der Waals surface area contributed by atoms with Gasteiger partial charge in [-0.2, -0.15) is 5.10 Å². The molecule has 9 nitrogen and oxygen atoms in total. The van der Waals surface area contributed by atoms with Crippen molar-refractivity contribution in [2.75, 3.05) is 25.6 Å². The molecule has 1 fully saturated rings. The Kier molecular flexibility index (Phi) is 7.94. The lowest BCUT2D eigenvalue weighted by Gasteiger charge is -2.24. The number of hydrogen-bond donors (Lipinski definition) is 2. The van der Waals surface area contributed by atoms with Crippen molar-refractivity contribution in [3.63, 3.8) is 0 Å². The first kappa shape index (κ1) is 25.4. The lowest BCUT2D eigenvalue weighted by Crippen LogP contribution is -2.38. The van der Waals surface area contributed by atoms with E-state index in [1.165, 1.54) is 0 Å². The van der Waals surface area contributed by atoms with Crippen LogP contribution in [-0.4, -0.2) is 62.8 Å². The molecule has 2 aromatic carbocycles. The third kappa shape index (κ3) is 5.84. The molecule has 0 saturated carbocycles. The molecule has 1 saturated heterocycles. The Balaban J connectivity index is 1.29. The number of amides is 2. The first-order valence-corrected chi connectivity index (χ1v) is 12.9. The van der Waals surface area contributed by atoms with Gasteiger partial charge in [-0.15, -0.1) is 0 Å². The number of methoxy groups -OCH3 is 1. The zero-order valence-corrected chi connectivity index (χ0v) is 21.5. The van der Waals surface area contributed by atoms with Crippen molar-refractivity contribution in [3.8, 4) is 16.8 Å². The van der Waals surface area contributed by atoms with Crippen LogP contribution in [0.4, 0.5) is 5.95 Å². The van der Waals surface area contributed by atoms with Gasteiger partial charge in [0.05, 0.1) is 24.5 Å². The van der Waals surface area contributed by atoms with Gasteiger partial charge in [0.1, 0.15) is 0 Å². The van der Waals surface area contributed by atoms with Gasteiger partial charge < -0.3 is 9.64 Å². The van der Waals surface area contributed by atoms with Crippen molar-refractivity contribution in [2.24, 2.45) is 0 Å². The van der Waals surface area contributed by atoms with Crippen molar-refractivity contribution < 1.29 is 14.3 Å². The molecular formula is C29H32N6O3. The second-order valence-corrected chi connectivity index (χ2v) is 9.48. The highest BCUT2D eigenvalue weighted by Gasteiger charge is 2.28. The van der Waals surface area contributed by atoms with Crippen LogP contribution in [0, 0.1) is 0 Å². The molecule has 9 heteroatoms. The number of hydrogen-bond acceptors (Lipinski definition) is 5. The predicted octanol–water partition coefficient (Wildman–Crippen LogP) is 4.47. The lowest BCUT2D eigenvalue weighted by atomic mass is 10.1. The Morgan fingerprint density at radius 1 is 1.13 bits per heavy atom. The normalized spacial score (nSPS) is 15.1. The van der Waals surface area contributed by atoms with Gasteiger partial charge in [0.15, 0.2) is 0 Å². The molecule has 0 aliphatic carbocycles. The van der Waals surface area contributed by atoms with E-state index in [-0.39, 0.29) is 17.9 Å². The molecular weight excluding hydrogens is 480 g/mol. The second-order valence-electron chi connectivity index (χ2n) is 9.48. The number of para-hydroxylation sites is 1. The van der Waals surface area contributed by atoms with Crippen molar-refractivity contribution in [1.82, 2.24) is 24.6 Å². The molecule has 0 radical (unpaired) electrons. The van der Waals surface area contributed by atoms with Crippen LogP contribution in [0.2, 0.25) is 0 Å². The van der Waals surface area contributed by atoms with E-state index in [0.29, 0.717) is 37.4 Å². The number of aromatic nitrogens is 4. The topological polar surface area (TPSA) is 105 Å². The number of likely N-dealkylation sites (tertiary alicyclic amines) is 1. The lowest BCUT2D eigenvalue weighted by molar-refractivity contribution is -0.133. The van der Waals surface area contributed by atoms with Crippen LogP contribution in [-0.2, 0) is 16.0 Å². The van der Waals surface area contributed by atoms with E-state index in [0.717, 1.165) is 41.9 Å². The fourth-order valence-electron chi connectivity index (χ4n) is 4.94. The van der Waals surface area contributed by atoms with Gasteiger partial charge in [0.2, 0.25) is 11.9 Å². The number of H-pyrrole nitrogens is 1. The number of rotatable bonds is 10. The Labute approximate surface area is 221 Å². The number of carbonyl (C=O) groups is 2. The average Bonchev–Trinajstić information content (AvgIpc) is 3.71. The minimum absolute atomic E-state index is 0.165. The summed E-state index contributed by atoms with van der Waals surface area (Å²) in [6.07, 6.45) is 9.23. The first-order chi connectivity index (χ1) is 18.6. The first-order valence-electron chi connectivity index (χ1n) is 12.9. The molecule has 3 heterocycles. The van der Waals surface area contributed by atoms with E-state index in [2.05, 4.69) is 15.5 Å². The SMILES string of the molecule is COC[C@H]1CCCN1C(=O)CCCc1cn(-c2ccccc2)c(NC(=O)c2cccc(-c3cn[nH]c3)c2)n1. The fraction of sp³-hybridized carbons (Fsp3) is 0.310. The van der Waals surface area contributed by atoms with Crippen LogP contribution >= 0.6 is 0 Å². The molecule has 1 aliphatic rings. The third-order valence-corrected chi connectivity index (χ3v) is 6.85. The molecule has 196 valence electrons. The third-order valence-electron chi connectivity index (χ3n) is 6.85. The molecule has 0 bridgehead atoms. The van der Waals surface area contributed by atoms with Gasteiger partial charge in [-0.3, -0.25) is 24.6 Å². The number of carbonyl (C=O) groups excluding carboxylic acids is 2. The Bertz CT molecular complexity index is 1370. The summed E-state index contributed by atoms with van der Waals surface area (Å²) in [5.41, 5.74) is 4.04. The van der Waals surface area contributed by atoms with E-state index in [1.54, 1.807) is 25.6 Å². The Morgan fingerprint density at radius 2 is 2.00 bits per heavy atom. The van der Waals surface area contributed by atoms with Crippen LogP contribution in [0.1, 0.15) is 41.7 Å². The van der Waals surface area contributed by atoms with E-state index in [1.807, 2.05) is 64.2 Å². The van der Waals surface area contributed by atoms with Gasteiger partial charge in [0.25, 0.3) is 5.91 Å². The van der Waals surface area contributed by atoms with E-state index >= 15 is 0 Å². The molecule has 0 spiro atoms. The minimum Gasteiger partial charge on any atom is -0.383 e. The number of benzene rings is 2. The Hall–Kier alpha value is -4.24. The molecule has 2 amide bonds. The van der Waals surface area contributed by atoms with E-state index in [4.69, 9.17) is 9.72 Å². The van der Waals surface area contributed by atoms with Gasteiger partial charge in [-0.1, -0.05) is 30.3 Å². The molecule has 38 heavy (non-hydrogen) atoms. The number of aryl methyl sites for hydroxylation is 1. The monoisotopic (exact) mass is 512 g/mol. The number of nitrogens with one attached hydrogen (secondary N) is 2. The summed E-state index contributed by atoms with van der Waals surface area (Å²) in [6, 6.07) is 17.3. The standard InChI is InChI=1S/C29H32N6O3/c1-38-20-26-13-7-15-34(26)27(36)14-6-10-24-19-35(25-11-3-2-4-12-25)29(32-24)33-28(37)22-9-5-8-21(16-22)23-17-30-31-18-23/h2-5,8-9,11-12,16-19,26H,6-7,10,13-15,20H2,1H3,(H,30,31)(H,32,33,37)/t26-/m1/s1. The summed E-state index contributed by atoms with van der Waals surface area (Å²) in [7, 11) is 1.68. The van der Waals surface area contributed by atoms with E-state index < -0.39 is 0 Å². The van der Waals surface area contributed by atoms with Crippen LogP contribution in [0.25, 0.3) is 16.8 Å². The highest BCUT2D eigenvalue weighted by atomic mass is 16.5. The van der Waals surface area contributed by atoms with Gasteiger partial charge >= 0.3 is 0 Å². The summed E-state index contributed by atoms with van der Waals surface area (Å²) in [5, 5.41) is 9.77. The summed E-state index contributed by atoms with van der Waals surface area (Å²) < 4.78 is 7.16. The molecule has 5 rings (SSSR count). The molecule has 2 N–H and O–H groups in total. The van der Waals surface area contributed by atoms with Crippen LogP contribution in [0.3, 0.4) is 0 Å². The van der Waals surface area contributed by atoms with Crippen molar-refractivity contribution in [3.05, 3.63) is 84.4 Å². The summed E-state index contributed by atoms with van der Waals surface area (Å²) >= 11 is 0. The highest BCUT2D eigenvalue weighted by molar-refractivity contribution is 6.04. The summed E-state index contributed by atoms with van der Waals surface area (Å²) in [4.78, 5) is 32.7. The van der Waals surface area contributed by atoms with Crippen LogP contribution in [0.15, 0.2) is 73.2 Å². The highest BCUT2D eigenvalue weighted by Crippen LogP contribution is 2.23. The van der Waals surface area contributed by atoms with E-state index in [9.17, 15) is 9.59 Å². The second kappa shape index (κ2) is 11.9. The molecule has 1 aliphatic heterocycles. The van der Waals surface area contributed by atoms with Gasteiger partial charge in [0, 0.05) is 49.3 Å². The van der Waals surface area contributed by atoms with Crippen molar-refractivity contribution in [1.29, 1.82) is 0 Å². The number of aromatic amines is 1. The minimum atomic E-state index is -0.252. The fourth-order valence-corrected chi connectivity index (χ4v) is 4.94. The predicted molar refractivity (Wildman–Crippen MR) is 145 cm³/mol. The molecule has 0 unspecified atom stereocenters. The molecule has 2 aromatic heterocycles. The number of nitrogens with zero attached hydrogens (tertiary/aromatic N) is 4. The van der Waals surface area contributed by atoms with Gasteiger partial charge in [-0.25, -0.2) is 4.98 Å². The van der Waals surface area contributed by atoms with Crippen molar-refractivity contribution >= 4 is 17.8 Å². The number of imidazole rings is 1. The number of ether oxygens (including phenoxy) is 1. The maximum atomic E-state index is 13.2. The summed E-state index contributed by atoms with van der Waals surface area (Å²) in [5.74, 6) is 0.354. The van der Waals surface area contributed by atoms with Crippen LogP contribution < -0.4 is 5.32 Å². The largest absolute Gasteiger partial charge is 0.383 e. The van der Waals surface area contributed by atoms with Gasteiger partial charge in [-0.05, 0) is 55.5 Å². The Morgan fingerprint density at radius 3 is 2.79 bits per heavy atom. The smallest absolute Gasteiger partial charge is 0.258 e. The quantitative estimate of drug-likeness (QED) is 0.326. The van der Waals surface area contributed by atoms with Crippen molar-refractivity contribution in [2.45, 2.75) is 38.1 Å². The zero-order chi connectivity index (χ0) is 26.3. The maximum Gasteiger partial charge on any atom is 0.258 e. The number of anilines is 1. The maximum absolute atomic E-state index is 13.2. The molecule has 4 aromatic rings. The molecule has 1 atom stereocenters. The summed E-state index contributed by atoms with van der Waals surface area (Å²) in [6.45, 7) is 1.38. The van der Waals surface area contributed by atoms with Crippen LogP contribution in [0.5, 0.6) is 0 Å². The average molecular weight is 513 g/mol. The zero-order valence-electron chi connectivity index (χ0n) is 21.5.